The van der Waals surface area contributed by atoms with Crippen LogP contribution >= 0.6 is 0 Å². The van der Waals surface area contributed by atoms with Crippen molar-refractivity contribution in [1.29, 1.82) is 0 Å². The molecule has 0 bridgehead atoms. The van der Waals surface area contributed by atoms with Gasteiger partial charge in [-0.25, -0.2) is 0 Å². The summed E-state index contributed by atoms with van der Waals surface area (Å²) in [5.41, 5.74) is 0.0750. The average molecular weight is 255 g/mol. The van der Waals surface area contributed by atoms with Gasteiger partial charge in [0.25, 0.3) is 0 Å². The third-order valence-electron chi connectivity index (χ3n) is 3.61. The molecule has 2 fully saturated rings. The van der Waals surface area contributed by atoms with E-state index in [1.165, 1.54) is 0 Å². The molecule has 0 N–H and O–H groups in total. The quantitative estimate of drug-likeness (QED) is 0.758. The summed E-state index contributed by atoms with van der Waals surface area (Å²) in [5, 5.41) is 0. The summed E-state index contributed by atoms with van der Waals surface area (Å²) in [6.45, 7) is 9.46. The Morgan fingerprint density at radius 2 is 1.72 bits per heavy atom. The van der Waals surface area contributed by atoms with Crippen molar-refractivity contribution < 1.29 is 14.3 Å². The summed E-state index contributed by atoms with van der Waals surface area (Å²) in [7, 11) is 0. The van der Waals surface area contributed by atoms with Crippen molar-refractivity contribution in [1.82, 2.24) is 4.90 Å². The zero-order valence-corrected chi connectivity index (χ0v) is 11.8. The number of amides is 1. The number of piperidine rings is 1. The lowest BCUT2D eigenvalue weighted by molar-refractivity contribution is -0.138. The van der Waals surface area contributed by atoms with E-state index in [1.54, 1.807) is 0 Å². The van der Waals surface area contributed by atoms with Crippen molar-refractivity contribution in [3.05, 3.63) is 0 Å². The minimum Gasteiger partial charge on any atom is -0.350 e. The molecule has 2 heterocycles. The van der Waals surface area contributed by atoms with Crippen LogP contribution in [0.25, 0.3) is 0 Å². The SMILES string of the molecule is CC(C)(C)CC(=O)N1CCC(C2OCCO2)CC1. The highest BCUT2D eigenvalue weighted by atomic mass is 16.7. The van der Waals surface area contributed by atoms with Crippen LogP contribution in [0.15, 0.2) is 0 Å². The Hall–Kier alpha value is -0.610. The molecule has 0 aromatic heterocycles. The number of carbonyl (C=O) groups excluding carboxylic acids is 1. The van der Waals surface area contributed by atoms with Gasteiger partial charge in [-0.05, 0) is 18.3 Å². The van der Waals surface area contributed by atoms with Crippen molar-refractivity contribution in [3.63, 3.8) is 0 Å². The first kappa shape index (κ1) is 13.8. The monoisotopic (exact) mass is 255 g/mol. The van der Waals surface area contributed by atoms with Gasteiger partial charge in [0.2, 0.25) is 5.91 Å². The predicted octanol–water partition coefficient (Wildman–Crippen LogP) is 2.03. The lowest BCUT2D eigenvalue weighted by atomic mass is 9.90. The molecule has 0 radical (unpaired) electrons. The van der Waals surface area contributed by atoms with Gasteiger partial charge >= 0.3 is 0 Å². The van der Waals surface area contributed by atoms with Crippen LogP contribution < -0.4 is 0 Å². The Morgan fingerprint density at radius 1 is 1.17 bits per heavy atom. The molecule has 0 unspecified atom stereocenters. The van der Waals surface area contributed by atoms with Crippen LogP contribution in [0.4, 0.5) is 0 Å². The molecule has 0 aliphatic carbocycles. The highest BCUT2D eigenvalue weighted by Crippen LogP contribution is 2.27. The van der Waals surface area contributed by atoms with Gasteiger partial charge in [-0.3, -0.25) is 4.79 Å². The van der Waals surface area contributed by atoms with Crippen LogP contribution in [-0.4, -0.2) is 43.4 Å². The number of ether oxygens (including phenoxy) is 2. The topological polar surface area (TPSA) is 38.8 Å². The molecule has 2 aliphatic heterocycles. The van der Waals surface area contributed by atoms with E-state index in [2.05, 4.69) is 20.8 Å². The van der Waals surface area contributed by atoms with Crippen LogP contribution in [0.3, 0.4) is 0 Å². The summed E-state index contributed by atoms with van der Waals surface area (Å²) >= 11 is 0. The average Bonchev–Trinajstić information content (AvgIpc) is 2.80. The normalized spacial score (nSPS) is 23.6. The molecule has 4 nitrogen and oxygen atoms in total. The first-order valence-corrected chi connectivity index (χ1v) is 6.97. The van der Waals surface area contributed by atoms with E-state index in [4.69, 9.17) is 9.47 Å². The smallest absolute Gasteiger partial charge is 0.223 e. The van der Waals surface area contributed by atoms with Crippen LogP contribution in [0, 0.1) is 11.3 Å². The molecule has 2 rings (SSSR count). The Labute approximate surface area is 110 Å². The molecule has 104 valence electrons. The summed E-state index contributed by atoms with van der Waals surface area (Å²) < 4.78 is 11.1. The maximum Gasteiger partial charge on any atom is 0.223 e. The van der Waals surface area contributed by atoms with E-state index < -0.39 is 0 Å². The molecule has 18 heavy (non-hydrogen) atoms. The van der Waals surface area contributed by atoms with Gasteiger partial charge in [-0.2, -0.15) is 0 Å². The van der Waals surface area contributed by atoms with Gasteiger partial charge in [-0.15, -0.1) is 0 Å². The van der Waals surface area contributed by atoms with Gasteiger partial charge < -0.3 is 14.4 Å². The second-order valence-corrected chi connectivity index (χ2v) is 6.57. The predicted molar refractivity (Wildman–Crippen MR) is 69.1 cm³/mol. The van der Waals surface area contributed by atoms with E-state index in [0.29, 0.717) is 25.6 Å². The zero-order chi connectivity index (χ0) is 13.2. The number of likely N-dealkylation sites (tertiary alicyclic amines) is 1. The Balaban J connectivity index is 1.77. The molecule has 0 aromatic carbocycles. The zero-order valence-electron chi connectivity index (χ0n) is 11.8. The first-order chi connectivity index (χ1) is 8.46. The lowest BCUT2D eigenvalue weighted by Gasteiger charge is -2.35. The second-order valence-electron chi connectivity index (χ2n) is 6.57. The van der Waals surface area contributed by atoms with E-state index in [9.17, 15) is 4.79 Å². The molecular formula is C14H25NO3. The Bertz CT molecular complexity index is 284. The lowest BCUT2D eigenvalue weighted by Crippen LogP contribution is -2.42. The molecule has 0 aromatic rings. The number of hydrogen-bond acceptors (Lipinski definition) is 3. The molecule has 2 aliphatic rings. The molecule has 0 spiro atoms. The fourth-order valence-electron chi connectivity index (χ4n) is 2.64. The molecule has 1 amide bonds. The molecule has 2 saturated heterocycles. The van der Waals surface area contributed by atoms with E-state index in [0.717, 1.165) is 25.9 Å². The Morgan fingerprint density at radius 3 is 2.22 bits per heavy atom. The summed E-state index contributed by atoms with van der Waals surface area (Å²) in [6.07, 6.45) is 2.61. The Kier molecular flexibility index (Phi) is 4.28. The van der Waals surface area contributed by atoms with Gasteiger partial charge in [0.05, 0.1) is 13.2 Å². The molecule has 4 heteroatoms. The largest absolute Gasteiger partial charge is 0.350 e. The number of nitrogens with zero attached hydrogens (tertiary/aromatic N) is 1. The van der Waals surface area contributed by atoms with Gasteiger partial charge in [0.15, 0.2) is 6.29 Å². The van der Waals surface area contributed by atoms with Crippen LogP contribution in [0.2, 0.25) is 0 Å². The van der Waals surface area contributed by atoms with Crippen molar-refractivity contribution in [3.8, 4) is 0 Å². The van der Waals surface area contributed by atoms with Crippen LogP contribution in [0.5, 0.6) is 0 Å². The van der Waals surface area contributed by atoms with E-state index in [1.807, 2.05) is 4.90 Å². The van der Waals surface area contributed by atoms with Crippen molar-refractivity contribution >= 4 is 5.91 Å². The maximum atomic E-state index is 12.1. The standard InChI is InChI=1S/C14H25NO3/c1-14(2,3)10-12(16)15-6-4-11(5-7-15)13-17-8-9-18-13/h11,13H,4-10H2,1-3H3. The number of rotatable bonds is 2. The van der Waals surface area contributed by atoms with E-state index in [-0.39, 0.29) is 17.6 Å². The third kappa shape index (κ3) is 3.69. The van der Waals surface area contributed by atoms with Crippen molar-refractivity contribution in [2.24, 2.45) is 11.3 Å². The minimum atomic E-state index is -0.0233. The molecule has 0 atom stereocenters. The third-order valence-corrected chi connectivity index (χ3v) is 3.61. The van der Waals surface area contributed by atoms with E-state index >= 15 is 0 Å². The fourth-order valence-corrected chi connectivity index (χ4v) is 2.64. The highest BCUT2D eigenvalue weighted by Gasteiger charge is 2.32. The minimum absolute atomic E-state index is 0.0233. The highest BCUT2D eigenvalue weighted by molar-refractivity contribution is 5.76. The van der Waals surface area contributed by atoms with Crippen LogP contribution in [-0.2, 0) is 14.3 Å². The fraction of sp³-hybridized carbons (Fsp3) is 0.929. The number of carbonyl (C=O) groups is 1. The second kappa shape index (κ2) is 5.57. The van der Waals surface area contributed by atoms with Gasteiger partial charge in [0, 0.05) is 25.4 Å². The summed E-state index contributed by atoms with van der Waals surface area (Å²) in [6, 6.07) is 0. The maximum absolute atomic E-state index is 12.1. The summed E-state index contributed by atoms with van der Waals surface area (Å²) in [5.74, 6) is 0.750. The van der Waals surface area contributed by atoms with Gasteiger partial charge in [0.1, 0.15) is 0 Å². The first-order valence-electron chi connectivity index (χ1n) is 6.97. The molecule has 0 saturated carbocycles. The van der Waals surface area contributed by atoms with Crippen molar-refractivity contribution in [2.45, 2.75) is 46.3 Å². The van der Waals surface area contributed by atoms with Crippen molar-refractivity contribution in [2.75, 3.05) is 26.3 Å². The van der Waals surface area contributed by atoms with Crippen LogP contribution in [0.1, 0.15) is 40.0 Å². The number of hydrogen-bond donors (Lipinski definition) is 0. The summed E-state index contributed by atoms with van der Waals surface area (Å²) in [4.78, 5) is 14.1. The molecular weight excluding hydrogens is 230 g/mol. The van der Waals surface area contributed by atoms with Gasteiger partial charge in [-0.1, -0.05) is 20.8 Å².